The number of carbonyl (C=O) groups is 2. The number of benzene rings is 2. The van der Waals surface area contributed by atoms with Crippen LogP contribution < -0.4 is 10.1 Å². The van der Waals surface area contributed by atoms with Crippen molar-refractivity contribution in [3.8, 4) is 11.5 Å². The number of aromatic nitrogens is 1. The van der Waals surface area contributed by atoms with Crippen LogP contribution in [0.2, 0.25) is 0 Å². The SMILES string of the molecule is CC(C)C(=N)SC(=N)c1ccc(Oc2cc(C(=O)NC3CCN(Cc4cccnc4)CC3)ccc2CN2C[C@@H](C)CC2=O)cc1. The van der Waals surface area contributed by atoms with Crippen LogP contribution in [-0.4, -0.2) is 62.4 Å². The second-order valence-corrected chi connectivity index (χ2v) is 13.4. The van der Waals surface area contributed by atoms with E-state index in [0.717, 1.165) is 49.8 Å². The molecule has 3 aromatic rings. The van der Waals surface area contributed by atoms with Gasteiger partial charge in [0.2, 0.25) is 5.91 Å². The molecule has 3 heterocycles. The molecule has 1 aromatic heterocycles. The Labute approximate surface area is 269 Å². The molecule has 2 saturated heterocycles. The Balaban J connectivity index is 1.27. The van der Waals surface area contributed by atoms with Gasteiger partial charge in [-0.1, -0.05) is 44.7 Å². The number of ether oxygens (including phenoxy) is 1. The minimum absolute atomic E-state index is 0.0662. The van der Waals surface area contributed by atoms with E-state index in [1.54, 1.807) is 36.5 Å². The van der Waals surface area contributed by atoms with Crippen molar-refractivity contribution in [1.29, 1.82) is 10.8 Å². The number of piperidine rings is 1. The lowest BCUT2D eigenvalue weighted by Gasteiger charge is -2.32. The number of thioether (sulfide) groups is 1. The molecule has 10 heteroatoms. The first-order valence-electron chi connectivity index (χ1n) is 15.6. The van der Waals surface area contributed by atoms with E-state index < -0.39 is 0 Å². The van der Waals surface area contributed by atoms with Gasteiger partial charge >= 0.3 is 0 Å². The number of rotatable bonds is 10. The molecule has 0 bridgehead atoms. The minimum atomic E-state index is -0.142. The van der Waals surface area contributed by atoms with Crippen LogP contribution in [0.25, 0.3) is 0 Å². The van der Waals surface area contributed by atoms with Crippen molar-refractivity contribution in [2.45, 2.75) is 59.2 Å². The van der Waals surface area contributed by atoms with E-state index in [-0.39, 0.29) is 23.8 Å². The Morgan fingerprint density at radius 2 is 1.80 bits per heavy atom. The van der Waals surface area contributed by atoms with Crippen molar-refractivity contribution in [1.82, 2.24) is 20.1 Å². The standard InChI is InChI=1S/C35H42N6O3S/c1-23(2)33(36)45-34(37)26-8-10-30(11-9-26)44-31-18-27(6-7-28(31)22-41-20-24(3)17-32(41)42)35(43)39-29-12-15-40(16-13-29)21-25-5-4-14-38-19-25/h4-11,14,18-19,23-24,29,36-37H,12-13,15-17,20-22H2,1-3H3,(H,39,43)/t24-/m0/s1. The molecule has 9 nitrogen and oxygen atoms in total. The van der Waals surface area contributed by atoms with Crippen LogP contribution in [0.1, 0.15) is 67.1 Å². The molecule has 5 rings (SSSR count). The van der Waals surface area contributed by atoms with E-state index in [0.29, 0.717) is 58.1 Å². The number of hydrogen-bond donors (Lipinski definition) is 3. The van der Waals surface area contributed by atoms with Gasteiger partial charge in [0.15, 0.2) is 0 Å². The lowest BCUT2D eigenvalue weighted by atomic mass is 10.0. The maximum atomic E-state index is 13.4. The molecule has 0 radical (unpaired) electrons. The summed E-state index contributed by atoms with van der Waals surface area (Å²) < 4.78 is 6.34. The van der Waals surface area contributed by atoms with Gasteiger partial charge in [0.05, 0.1) is 5.04 Å². The van der Waals surface area contributed by atoms with Crippen LogP contribution in [0.4, 0.5) is 0 Å². The van der Waals surface area contributed by atoms with Gasteiger partial charge in [-0.3, -0.25) is 30.3 Å². The van der Waals surface area contributed by atoms with Crippen molar-refractivity contribution in [2.24, 2.45) is 11.8 Å². The highest BCUT2D eigenvalue weighted by atomic mass is 32.2. The molecule has 2 aliphatic heterocycles. The average Bonchev–Trinajstić information content (AvgIpc) is 3.35. The minimum Gasteiger partial charge on any atom is -0.457 e. The summed E-state index contributed by atoms with van der Waals surface area (Å²) in [6, 6.07) is 16.8. The van der Waals surface area contributed by atoms with Gasteiger partial charge in [-0.05, 0) is 66.8 Å². The van der Waals surface area contributed by atoms with Gasteiger partial charge < -0.3 is 15.0 Å². The van der Waals surface area contributed by atoms with Gasteiger partial charge in [-0.25, -0.2) is 0 Å². The zero-order chi connectivity index (χ0) is 31.9. The zero-order valence-electron chi connectivity index (χ0n) is 26.2. The molecular weight excluding hydrogens is 584 g/mol. The average molecular weight is 627 g/mol. The van der Waals surface area contributed by atoms with Crippen molar-refractivity contribution >= 4 is 33.7 Å². The topological polar surface area (TPSA) is 122 Å². The van der Waals surface area contributed by atoms with Crippen LogP contribution in [0.15, 0.2) is 67.0 Å². The number of pyridine rings is 1. The second kappa shape index (κ2) is 14.8. The molecule has 0 saturated carbocycles. The lowest BCUT2D eigenvalue weighted by molar-refractivity contribution is -0.128. The Morgan fingerprint density at radius 3 is 2.44 bits per heavy atom. The second-order valence-electron chi connectivity index (χ2n) is 12.4. The number of amides is 2. The summed E-state index contributed by atoms with van der Waals surface area (Å²) in [6.07, 6.45) is 5.97. The molecule has 2 amide bonds. The Hall–Kier alpha value is -4.02. The van der Waals surface area contributed by atoms with Crippen molar-refractivity contribution in [3.05, 3.63) is 89.2 Å². The monoisotopic (exact) mass is 626 g/mol. The quantitative estimate of drug-likeness (QED) is 0.179. The molecular formula is C35H42N6O3S. The van der Waals surface area contributed by atoms with Crippen LogP contribution in [0.5, 0.6) is 11.5 Å². The van der Waals surface area contributed by atoms with Crippen LogP contribution in [0.3, 0.4) is 0 Å². The van der Waals surface area contributed by atoms with Gasteiger partial charge in [-0.2, -0.15) is 0 Å². The van der Waals surface area contributed by atoms with Gasteiger partial charge in [0, 0.05) is 80.2 Å². The predicted molar refractivity (Wildman–Crippen MR) is 179 cm³/mol. The molecule has 0 unspecified atom stereocenters. The maximum Gasteiger partial charge on any atom is 0.251 e. The molecule has 0 spiro atoms. The molecule has 0 aliphatic carbocycles. The molecule has 3 N–H and O–H groups in total. The van der Waals surface area contributed by atoms with E-state index in [1.807, 2.05) is 43.1 Å². The summed E-state index contributed by atoms with van der Waals surface area (Å²) in [5.74, 6) is 1.45. The maximum absolute atomic E-state index is 13.4. The van der Waals surface area contributed by atoms with Gasteiger partial charge in [0.25, 0.3) is 5.91 Å². The summed E-state index contributed by atoms with van der Waals surface area (Å²) in [4.78, 5) is 34.4. The summed E-state index contributed by atoms with van der Waals surface area (Å²) in [6.45, 7) is 9.72. The first-order valence-corrected chi connectivity index (χ1v) is 16.4. The highest BCUT2D eigenvalue weighted by Gasteiger charge is 2.28. The first-order chi connectivity index (χ1) is 21.6. The van der Waals surface area contributed by atoms with Gasteiger partial charge in [-0.15, -0.1) is 0 Å². The van der Waals surface area contributed by atoms with E-state index >= 15 is 0 Å². The third kappa shape index (κ3) is 8.79. The molecule has 45 heavy (non-hydrogen) atoms. The molecule has 2 aliphatic rings. The summed E-state index contributed by atoms with van der Waals surface area (Å²) in [5, 5.41) is 20.4. The Kier molecular flexibility index (Phi) is 10.7. The first kappa shape index (κ1) is 32.4. The summed E-state index contributed by atoms with van der Waals surface area (Å²) in [5.41, 5.74) is 3.23. The fourth-order valence-corrected chi connectivity index (χ4v) is 6.30. The van der Waals surface area contributed by atoms with Crippen molar-refractivity contribution < 1.29 is 14.3 Å². The van der Waals surface area contributed by atoms with Crippen molar-refractivity contribution in [2.75, 3.05) is 19.6 Å². The molecule has 236 valence electrons. The smallest absolute Gasteiger partial charge is 0.251 e. The molecule has 2 aromatic carbocycles. The predicted octanol–water partition coefficient (Wildman–Crippen LogP) is 6.33. The number of carbonyl (C=O) groups excluding carboxylic acids is 2. The van der Waals surface area contributed by atoms with E-state index in [2.05, 4.69) is 28.2 Å². The van der Waals surface area contributed by atoms with E-state index in [4.69, 9.17) is 15.6 Å². The zero-order valence-corrected chi connectivity index (χ0v) is 27.0. The van der Waals surface area contributed by atoms with Crippen LogP contribution in [0, 0.1) is 22.7 Å². The molecule has 2 fully saturated rings. The van der Waals surface area contributed by atoms with Gasteiger partial charge in [0.1, 0.15) is 16.5 Å². The summed E-state index contributed by atoms with van der Waals surface area (Å²) in [7, 11) is 0. The molecule has 1 atom stereocenters. The summed E-state index contributed by atoms with van der Waals surface area (Å²) >= 11 is 1.15. The normalized spacial score (nSPS) is 17.5. The fourth-order valence-electron chi connectivity index (χ4n) is 5.59. The van der Waals surface area contributed by atoms with E-state index in [1.165, 1.54) is 5.56 Å². The lowest BCUT2D eigenvalue weighted by Crippen LogP contribution is -2.44. The number of nitrogens with zero attached hydrogens (tertiary/aromatic N) is 3. The Morgan fingerprint density at radius 1 is 1.07 bits per heavy atom. The number of nitrogens with one attached hydrogen (secondary N) is 3. The van der Waals surface area contributed by atoms with Crippen LogP contribution in [-0.2, 0) is 17.9 Å². The third-order valence-corrected chi connectivity index (χ3v) is 9.36. The van der Waals surface area contributed by atoms with Crippen LogP contribution >= 0.6 is 11.8 Å². The third-order valence-electron chi connectivity index (χ3n) is 8.23. The number of likely N-dealkylation sites (tertiary alicyclic amines) is 2. The highest BCUT2D eigenvalue weighted by molar-refractivity contribution is 8.26. The van der Waals surface area contributed by atoms with Crippen molar-refractivity contribution in [3.63, 3.8) is 0 Å². The largest absolute Gasteiger partial charge is 0.457 e. The highest BCUT2D eigenvalue weighted by Crippen LogP contribution is 2.31. The Bertz CT molecular complexity index is 1520. The fraction of sp³-hybridized carbons (Fsp3) is 0.400. The van der Waals surface area contributed by atoms with E-state index in [9.17, 15) is 9.59 Å². The number of hydrogen-bond acceptors (Lipinski definition) is 8.